The minimum Gasteiger partial charge on any atom is -0.508 e. The van der Waals surface area contributed by atoms with Gasteiger partial charge in [-0.2, -0.15) is 0 Å². The SMILES string of the molecule is C[C@@H](CCc1ccc(O)cc1)NC(=O)Nc1ccc(N2CCN(C)CC2)cc1. The fraction of sp³-hybridized carbons (Fsp3) is 0.409. The molecule has 2 aromatic carbocycles. The number of piperazine rings is 1. The quantitative estimate of drug-likeness (QED) is 0.717. The van der Waals surface area contributed by atoms with Gasteiger partial charge in [0.2, 0.25) is 0 Å². The third kappa shape index (κ3) is 5.89. The molecule has 3 N–H and O–H groups in total. The van der Waals surface area contributed by atoms with E-state index < -0.39 is 0 Å². The number of aromatic hydroxyl groups is 1. The van der Waals surface area contributed by atoms with Crippen LogP contribution in [0.4, 0.5) is 16.2 Å². The van der Waals surface area contributed by atoms with Crippen LogP contribution in [0.3, 0.4) is 0 Å². The molecule has 0 radical (unpaired) electrons. The fourth-order valence-electron chi connectivity index (χ4n) is 3.33. The number of hydrogen-bond acceptors (Lipinski definition) is 4. The maximum absolute atomic E-state index is 12.2. The van der Waals surface area contributed by atoms with Crippen LogP contribution in [-0.4, -0.2) is 55.3 Å². The molecule has 2 amide bonds. The number of aryl methyl sites for hydroxylation is 1. The Morgan fingerprint density at radius 3 is 2.32 bits per heavy atom. The first-order valence-electron chi connectivity index (χ1n) is 9.88. The zero-order valence-electron chi connectivity index (χ0n) is 16.7. The van der Waals surface area contributed by atoms with Crippen molar-refractivity contribution in [1.82, 2.24) is 10.2 Å². The second-order valence-electron chi connectivity index (χ2n) is 7.54. The Morgan fingerprint density at radius 2 is 1.68 bits per heavy atom. The maximum atomic E-state index is 12.2. The van der Waals surface area contributed by atoms with E-state index in [1.807, 2.05) is 31.2 Å². The summed E-state index contributed by atoms with van der Waals surface area (Å²) in [5.41, 5.74) is 3.13. The van der Waals surface area contributed by atoms with E-state index in [2.05, 4.69) is 39.6 Å². The first-order chi connectivity index (χ1) is 13.5. The Balaban J connectivity index is 1.43. The van der Waals surface area contributed by atoms with Gasteiger partial charge in [0.15, 0.2) is 0 Å². The lowest BCUT2D eigenvalue weighted by Crippen LogP contribution is -2.44. The third-order valence-electron chi connectivity index (χ3n) is 5.17. The van der Waals surface area contributed by atoms with Crippen molar-refractivity contribution in [2.45, 2.75) is 25.8 Å². The van der Waals surface area contributed by atoms with Gasteiger partial charge in [-0.3, -0.25) is 0 Å². The van der Waals surface area contributed by atoms with E-state index in [-0.39, 0.29) is 17.8 Å². The molecule has 1 atom stereocenters. The highest BCUT2D eigenvalue weighted by Crippen LogP contribution is 2.19. The molecule has 1 fully saturated rings. The molecule has 28 heavy (non-hydrogen) atoms. The molecular weight excluding hydrogens is 352 g/mol. The summed E-state index contributed by atoms with van der Waals surface area (Å²) in [4.78, 5) is 16.9. The maximum Gasteiger partial charge on any atom is 0.319 e. The number of carbonyl (C=O) groups is 1. The molecule has 150 valence electrons. The van der Waals surface area contributed by atoms with Crippen molar-refractivity contribution in [2.75, 3.05) is 43.4 Å². The summed E-state index contributed by atoms with van der Waals surface area (Å²) >= 11 is 0. The molecule has 0 aromatic heterocycles. The highest BCUT2D eigenvalue weighted by Gasteiger charge is 2.14. The van der Waals surface area contributed by atoms with Gasteiger partial charge in [0.25, 0.3) is 0 Å². The highest BCUT2D eigenvalue weighted by atomic mass is 16.3. The van der Waals surface area contributed by atoms with E-state index in [1.54, 1.807) is 12.1 Å². The van der Waals surface area contributed by atoms with Crippen molar-refractivity contribution in [3.05, 3.63) is 54.1 Å². The van der Waals surface area contributed by atoms with E-state index in [9.17, 15) is 9.90 Å². The number of urea groups is 1. The number of phenolic OH excluding ortho intramolecular Hbond substituents is 1. The van der Waals surface area contributed by atoms with Crippen molar-refractivity contribution < 1.29 is 9.90 Å². The van der Waals surface area contributed by atoms with Crippen molar-refractivity contribution >= 4 is 17.4 Å². The van der Waals surface area contributed by atoms with Gasteiger partial charge in [-0.15, -0.1) is 0 Å². The first kappa shape index (κ1) is 20.0. The van der Waals surface area contributed by atoms with E-state index in [0.717, 1.165) is 50.3 Å². The number of rotatable bonds is 6. The van der Waals surface area contributed by atoms with Gasteiger partial charge in [0.05, 0.1) is 0 Å². The lowest BCUT2D eigenvalue weighted by atomic mass is 10.1. The number of likely N-dealkylation sites (N-methyl/N-ethyl adjacent to an activating group) is 1. The Bertz CT molecular complexity index is 753. The van der Waals surface area contributed by atoms with E-state index >= 15 is 0 Å². The van der Waals surface area contributed by atoms with Crippen molar-refractivity contribution in [1.29, 1.82) is 0 Å². The molecular formula is C22H30N4O2. The van der Waals surface area contributed by atoms with Crippen LogP contribution >= 0.6 is 0 Å². The molecule has 0 saturated carbocycles. The fourth-order valence-corrected chi connectivity index (χ4v) is 3.33. The van der Waals surface area contributed by atoms with Crippen LogP contribution in [0.5, 0.6) is 5.75 Å². The molecule has 6 nitrogen and oxygen atoms in total. The zero-order valence-corrected chi connectivity index (χ0v) is 16.7. The Kier molecular flexibility index (Phi) is 6.76. The highest BCUT2D eigenvalue weighted by molar-refractivity contribution is 5.89. The summed E-state index contributed by atoms with van der Waals surface area (Å²) < 4.78 is 0. The van der Waals surface area contributed by atoms with Crippen molar-refractivity contribution in [3.8, 4) is 5.75 Å². The van der Waals surface area contributed by atoms with Crippen molar-refractivity contribution in [2.24, 2.45) is 0 Å². The van der Waals surface area contributed by atoms with Gasteiger partial charge in [-0.1, -0.05) is 12.1 Å². The second-order valence-corrected chi connectivity index (χ2v) is 7.54. The lowest BCUT2D eigenvalue weighted by molar-refractivity contribution is 0.248. The van der Waals surface area contributed by atoms with Crippen LogP contribution in [0, 0.1) is 0 Å². The normalized spacial score (nSPS) is 15.9. The molecule has 1 heterocycles. The Morgan fingerprint density at radius 1 is 1.04 bits per heavy atom. The Hall–Kier alpha value is -2.73. The summed E-state index contributed by atoms with van der Waals surface area (Å²) in [5.74, 6) is 0.271. The van der Waals surface area contributed by atoms with Crippen LogP contribution < -0.4 is 15.5 Å². The van der Waals surface area contributed by atoms with Gasteiger partial charge < -0.3 is 25.5 Å². The first-order valence-corrected chi connectivity index (χ1v) is 9.88. The largest absolute Gasteiger partial charge is 0.508 e. The number of nitrogens with zero attached hydrogens (tertiary/aromatic N) is 2. The molecule has 0 spiro atoms. The van der Waals surface area contributed by atoms with Gasteiger partial charge in [0.1, 0.15) is 5.75 Å². The number of nitrogens with one attached hydrogen (secondary N) is 2. The molecule has 2 aromatic rings. The number of amides is 2. The van der Waals surface area contributed by atoms with E-state index in [4.69, 9.17) is 0 Å². The molecule has 0 bridgehead atoms. The number of benzene rings is 2. The topological polar surface area (TPSA) is 67.8 Å². The molecule has 6 heteroatoms. The molecule has 1 aliphatic rings. The lowest BCUT2D eigenvalue weighted by Gasteiger charge is -2.34. The van der Waals surface area contributed by atoms with Gasteiger partial charge in [-0.25, -0.2) is 4.79 Å². The monoisotopic (exact) mass is 382 g/mol. The average molecular weight is 383 g/mol. The van der Waals surface area contributed by atoms with Crippen LogP contribution in [0.1, 0.15) is 18.9 Å². The number of phenols is 1. The summed E-state index contributed by atoms with van der Waals surface area (Å²) in [5, 5.41) is 15.2. The molecule has 1 aliphatic heterocycles. The van der Waals surface area contributed by atoms with Crippen molar-refractivity contribution in [3.63, 3.8) is 0 Å². The van der Waals surface area contributed by atoms with Crippen LogP contribution in [0.2, 0.25) is 0 Å². The second kappa shape index (κ2) is 9.46. The van der Waals surface area contributed by atoms with Crippen LogP contribution in [0.15, 0.2) is 48.5 Å². The zero-order chi connectivity index (χ0) is 19.9. The number of anilines is 2. The standard InChI is InChI=1S/C22H30N4O2/c1-17(3-4-18-5-11-21(27)12-6-18)23-22(28)24-19-7-9-20(10-8-19)26-15-13-25(2)14-16-26/h5-12,17,27H,3-4,13-16H2,1-2H3,(H2,23,24,28)/t17-/m0/s1. The van der Waals surface area contributed by atoms with Gasteiger partial charge in [-0.05, 0) is 68.8 Å². The Labute approximate surface area is 167 Å². The minimum atomic E-state index is -0.189. The van der Waals surface area contributed by atoms with Crippen LogP contribution in [-0.2, 0) is 6.42 Å². The third-order valence-corrected chi connectivity index (χ3v) is 5.17. The van der Waals surface area contributed by atoms with Crippen LogP contribution in [0.25, 0.3) is 0 Å². The summed E-state index contributed by atoms with van der Waals surface area (Å²) in [6.45, 7) is 6.20. The molecule has 3 rings (SSSR count). The number of hydrogen-bond donors (Lipinski definition) is 3. The van der Waals surface area contributed by atoms with E-state index in [1.165, 1.54) is 5.69 Å². The minimum absolute atomic E-state index is 0.0541. The molecule has 0 aliphatic carbocycles. The summed E-state index contributed by atoms with van der Waals surface area (Å²) in [6, 6.07) is 15.1. The predicted octanol–water partition coefficient (Wildman–Crippen LogP) is 3.29. The summed E-state index contributed by atoms with van der Waals surface area (Å²) in [6.07, 6.45) is 1.68. The predicted molar refractivity (Wildman–Crippen MR) is 114 cm³/mol. The molecule has 1 saturated heterocycles. The van der Waals surface area contributed by atoms with Gasteiger partial charge in [0, 0.05) is 43.6 Å². The van der Waals surface area contributed by atoms with Gasteiger partial charge >= 0.3 is 6.03 Å². The number of carbonyl (C=O) groups excluding carboxylic acids is 1. The average Bonchev–Trinajstić information content (AvgIpc) is 2.69. The molecule has 0 unspecified atom stereocenters. The van der Waals surface area contributed by atoms with E-state index in [0.29, 0.717) is 0 Å². The summed E-state index contributed by atoms with van der Waals surface area (Å²) in [7, 11) is 2.15. The smallest absolute Gasteiger partial charge is 0.319 e.